The topological polar surface area (TPSA) is 133 Å². The third-order valence-electron chi connectivity index (χ3n) is 5.63. The predicted octanol–water partition coefficient (Wildman–Crippen LogP) is -4.41. The van der Waals surface area contributed by atoms with Gasteiger partial charge in [-0.3, -0.25) is 4.90 Å². The fraction of sp³-hybridized carbons (Fsp3) is 0.700. The molecule has 0 saturated heterocycles. The minimum absolute atomic E-state index is 0. The molecule has 2 N–H and O–H groups in total. The van der Waals surface area contributed by atoms with Gasteiger partial charge in [-0.2, -0.15) is 0 Å². The van der Waals surface area contributed by atoms with Crippen molar-refractivity contribution in [3.8, 4) is 5.75 Å². The third-order valence-corrected chi connectivity index (χ3v) is 13.3. The molecule has 0 radical (unpaired) electrons. The van der Waals surface area contributed by atoms with E-state index >= 15 is 0 Å². The van der Waals surface area contributed by atoms with Gasteiger partial charge in [-0.25, -0.2) is 0 Å². The van der Waals surface area contributed by atoms with Crippen LogP contribution in [0.5, 0.6) is 5.75 Å². The van der Waals surface area contributed by atoms with Gasteiger partial charge in [0.15, 0.2) is 0 Å². The van der Waals surface area contributed by atoms with Crippen molar-refractivity contribution in [1.82, 2.24) is 4.90 Å². The van der Waals surface area contributed by atoms with Crippen molar-refractivity contribution in [2.75, 3.05) is 25.3 Å². The number of rotatable bonds is 17. The average molecular weight is 600 g/mol. The monoisotopic (exact) mass is 599 g/mol. The van der Waals surface area contributed by atoms with E-state index in [-0.39, 0.29) is 65.7 Å². The van der Waals surface area contributed by atoms with Crippen LogP contribution in [-0.4, -0.2) is 67.1 Å². The molecular weight excluding hydrogens is 558 g/mol. The normalized spacial score (nSPS) is 16.0. The molecule has 1 aromatic carbocycles. The van der Waals surface area contributed by atoms with Gasteiger partial charge in [0.25, 0.3) is 0 Å². The maximum Gasteiger partial charge on any atom is 1.00 e. The Kier molecular flexibility index (Phi) is 21.3. The van der Waals surface area contributed by atoms with E-state index in [1.807, 2.05) is 24.3 Å². The summed E-state index contributed by atoms with van der Waals surface area (Å²) in [5.41, 5.74) is 0.870. The van der Waals surface area contributed by atoms with Crippen LogP contribution in [0.15, 0.2) is 24.3 Å². The first kappa shape index (κ1) is 39.1. The van der Waals surface area contributed by atoms with Gasteiger partial charge in [0.2, 0.25) is 0 Å². The second-order valence-corrected chi connectivity index (χ2v) is 22.5. The molecule has 1 rings (SSSR count). The SMILES string of the molecule is C[SiH](CCC[SiH3])CCC[Si](C)(C)COc1ccc(CCN(CP(=O)([O-])O)CP(=O)([O-])O)cc1.[Na+].[Na+]. The molecule has 0 saturated carbocycles. The van der Waals surface area contributed by atoms with Gasteiger partial charge in [0, 0.05) is 25.6 Å². The molecule has 0 aliphatic rings. The molecule has 3 unspecified atom stereocenters. The molecule has 35 heavy (non-hydrogen) atoms. The molecule has 0 amide bonds. The Morgan fingerprint density at radius 1 is 1.03 bits per heavy atom. The standard InChI is InChI=1S/C20H43NO7P2Si3.2Na/c1-32(13-4-12-31)14-5-15-33(2,3)18-28-20-8-6-19(7-9-20)10-11-21(16-29(22,23)24)17-30(25,26)27;;/h6-9,32H,4-5,10-18H2,1-3,31H3,(H2,22,23,24)(H2,25,26,27);;/q;2*+1/p-2. The molecule has 0 aliphatic heterocycles. The molecule has 0 heterocycles. The fourth-order valence-electron chi connectivity index (χ4n) is 3.71. The molecule has 15 heteroatoms. The average Bonchev–Trinajstić information content (AvgIpc) is 2.67. The Hall–Kier alpha value is 1.93. The molecular formula is C20H41NNa2O7P2Si3. The van der Waals surface area contributed by atoms with Crippen molar-refractivity contribution >= 4 is 42.3 Å². The van der Waals surface area contributed by atoms with E-state index in [0.717, 1.165) is 22.4 Å². The summed E-state index contributed by atoms with van der Waals surface area (Å²) >= 11 is 0. The quantitative estimate of drug-likeness (QED) is 0.136. The zero-order valence-corrected chi connectivity index (χ0v) is 32.4. The van der Waals surface area contributed by atoms with Gasteiger partial charge in [-0.05, 0) is 24.1 Å². The van der Waals surface area contributed by atoms with Crippen molar-refractivity contribution in [2.45, 2.75) is 63.1 Å². The van der Waals surface area contributed by atoms with Gasteiger partial charge in [0.1, 0.15) is 20.9 Å². The summed E-state index contributed by atoms with van der Waals surface area (Å²) in [6.45, 7) is 7.29. The van der Waals surface area contributed by atoms with Gasteiger partial charge in [0.05, 0.1) is 26.9 Å². The molecule has 1 aromatic rings. The minimum Gasteiger partial charge on any atom is -0.778 e. The van der Waals surface area contributed by atoms with Crippen molar-refractivity contribution in [2.24, 2.45) is 0 Å². The maximum absolute atomic E-state index is 11.1. The number of hydrogen-bond donors (Lipinski definition) is 2. The van der Waals surface area contributed by atoms with Crippen molar-refractivity contribution in [1.29, 1.82) is 0 Å². The van der Waals surface area contributed by atoms with Crippen LogP contribution in [-0.2, 0) is 15.6 Å². The molecule has 3 atom stereocenters. The molecule has 0 aromatic heterocycles. The Balaban J connectivity index is 0. The molecule has 0 spiro atoms. The summed E-state index contributed by atoms with van der Waals surface area (Å²) in [7, 11) is -10.0. The van der Waals surface area contributed by atoms with Crippen LogP contribution in [0, 0.1) is 0 Å². The number of hydrogen-bond acceptors (Lipinski definition) is 6. The zero-order valence-electron chi connectivity index (χ0n) is 22.4. The van der Waals surface area contributed by atoms with Gasteiger partial charge >= 0.3 is 59.1 Å². The Bertz CT molecular complexity index is 773. The summed E-state index contributed by atoms with van der Waals surface area (Å²) in [4.78, 5) is 41.3. The van der Waals surface area contributed by atoms with Crippen LogP contribution in [0.2, 0.25) is 43.8 Å². The fourth-order valence-corrected chi connectivity index (χ4v) is 11.2. The van der Waals surface area contributed by atoms with E-state index in [0.29, 0.717) is 6.42 Å². The smallest absolute Gasteiger partial charge is 0.778 e. The summed E-state index contributed by atoms with van der Waals surface area (Å²) in [6.07, 6.45) is 2.22. The van der Waals surface area contributed by atoms with Crippen LogP contribution in [0.25, 0.3) is 0 Å². The Morgan fingerprint density at radius 2 is 1.54 bits per heavy atom. The van der Waals surface area contributed by atoms with Crippen molar-refractivity contribution < 1.29 is 92.6 Å². The number of benzene rings is 1. The maximum atomic E-state index is 11.1. The van der Waals surface area contributed by atoms with E-state index in [9.17, 15) is 18.9 Å². The van der Waals surface area contributed by atoms with E-state index in [1.165, 1.54) is 47.3 Å². The van der Waals surface area contributed by atoms with Gasteiger partial charge in [-0.15, -0.1) is 0 Å². The summed E-state index contributed by atoms with van der Waals surface area (Å²) in [6, 6.07) is 13.1. The van der Waals surface area contributed by atoms with Crippen molar-refractivity contribution in [3.05, 3.63) is 29.8 Å². The number of nitrogens with zero attached hydrogens (tertiary/aromatic N) is 1. The Morgan fingerprint density at radius 3 is 2.03 bits per heavy atom. The summed E-state index contributed by atoms with van der Waals surface area (Å²) in [5, 5.41) is 0. The summed E-state index contributed by atoms with van der Waals surface area (Å²) < 4.78 is 28.3. The minimum atomic E-state index is -4.69. The largest absolute Gasteiger partial charge is 1.00 e. The van der Waals surface area contributed by atoms with Crippen LogP contribution >= 0.6 is 15.2 Å². The van der Waals surface area contributed by atoms with E-state index in [4.69, 9.17) is 14.5 Å². The van der Waals surface area contributed by atoms with Gasteiger partial charge < -0.3 is 33.4 Å². The van der Waals surface area contributed by atoms with Gasteiger partial charge in [-0.1, -0.05) is 68.8 Å². The molecule has 8 nitrogen and oxygen atoms in total. The van der Waals surface area contributed by atoms with Crippen LogP contribution in [0.3, 0.4) is 0 Å². The van der Waals surface area contributed by atoms with Crippen LogP contribution in [0.1, 0.15) is 18.4 Å². The first-order valence-electron chi connectivity index (χ1n) is 11.7. The third kappa shape index (κ3) is 21.4. The van der Waals surface area contributed by atoms with Crippen LogP contribution < -0.4 is 73.6 Å². The van der Waals surface area contributed by atoms with E-state index < -0.39 is 44.6 Å². The van der Waals surface area contributed by atoms with E-state index in [2.05, 4.69) is 19.6 Å². The Labute approximate surface area is 261 Å². The molecule has 192 valence electrons. The van der Waals surface area contributed by atoms with Crippen LogP contribution in [0.4, 0.5) is 0 Å². The zero-order chi connectivity index (χ0) is 25.1. The second-order valence-electron chi connectivity index (χ2n) is 9.94. The predicted molar refractivity (Wildman–Crippen MR) is 141 cm³/mol. The van der Waals surface area contributed by atoms with Crippen molar-refractivity contribution in [3.63, 3.8) is 0 Å². The first-order valence-corrected chi connectivity index (χ1v) is 22.8. The molecule has 0 fully saturated rings. The molecule has 0 bridgehead atoms. The number of ether oxygens (including phenoxy) is 1. The first-order chi connectivity index (χ1) is 15.2. The molecule has 0 aliphatic carbocycles. The van der Waals surface area contributed by atoms with E-state index in [1.54, 1.807) is 0 Å². The second kappa shape index (κ2) is 19.1. The summed E-state index contributed by atoms with van der Waals surface area (Å²) in [5.74, 6) is 0.782.